The van der Waals surface area contributed by atoms with E-state index in [2.05, 4.69) is 9.98 Å². The van der Waals surface area contributed by atoms with Crippen molar-refractivity contribution in [1.29, 1.82) is 0 Å². The van der Waals surface area contributed by atoms with Crippen molar-refractivity contribution in [3.8, 4) is 0 Å². The van der Waals surface area contributed by atoms with Gasteiger partial charge in [-0.15, -0.1) is 0 Å². The molecule has 0 radical (unpaired) electrons. The van der Waals surface area contributed by atoms with Gasteiger partial charge in [0, 0.05) is 26.5 Å². The molecule has 2 rings (SSSR count). The third-order valence-corrected chi connectivity index (χ3v) is 2.77. The van der Waals surface area contributed by atoms with Crippen molar-refractivity contribution in [1.82, 2.24) is 14.8 Å². The molecule has 7 nitrogen and oxygen atoms in total. The largest absolute Gasteiger partial charge is 0.332 e. The molecule has 1 fully saturated rings. The quantitative estimate of drug-likeness (QED) is 0.571. The zero-order valence-electron chi connectivity index (χ0n) is 10.5. The third kappa shape index (κ3) is 2.35. The number of nitrogens with zero attached hydrogens (tertiary/aromatic N) is 4. The summed E-state index contributed by atoms with van der Waals surface area (Å²) in [7, 11) is 2.66. The standard InChI is InChI=1S/C12H12N4O3/c1-15-10(17)8(11(18)16(2)12(15)19)7-14-9-5-3-4-6-13-9/h3-8H,1-2H3. The Morgan fingerprint density at radius 3 is 2.32 bits per heavy atom. The van der Waals surface area contributed by atoms with Gasteiger partial charge in [-0.05, 0) is 12.1 Å². The van der Waals surface area contributed by atoms with Gasteiger partial charge >= 0.3 is 6.03 Å². The van der Waals surface area contributed by atoms with Crippen molar-refractivity contribution in [2.75, 3.05) is 14.1 Å². The Morgan fingerprint density at radius 2 is 1.79 bits per heavy atom. The number of carbonyl (C=O) groups excluding carboxylic acids is 3. The first-order valence-corrected chi connectivity index (χ1v) is 5.56. The molecule has 0 aromatic carbocycles. The molecular formula is C12H12N4O3. The lowest BCUT2D eigenvalue weighted by Crippen LogP contribution is -2.57. The molecule has 7 heteroatoms. The molecule has 0 aliphatic carbocycles. The monoisotopic (exact) mass is 260 g/mol. The van der Waals surface area contributed by atoms with E-state index in [0.717, 1.165) is 9.80 Å². The van der Waals surface area contributed by atoms with Gasteiger partial charge in [0.05, 0.1) is 0 Å². The summed E-state index contributed by atoms with van der Waals surface area (Å²) in [6, 6.07) is 4.48. The lowest BCUT2D eigenvalue weighted by molar-refractivity contribution is -0.144. The molecule has 1 aliphatic rings. The van der Waals surface area contributed by atoms with E-state index in [4.69, 9.17) is 0 Å². The molecule has 1 aromatic rings. The van der Waals surface area contributed by atoms with E-state index in [9.17, 15) is 14.4 Å². The molecule has 1 saturated heterocycles. The van der Waals surface area contributed by atoms with E-state index >= 15 is 0 Å². The highest BCUT2D eigenvalue weighted by Gasteiger charge is 2.41. The SMILES string of the molecule is CN1C(=O)C(C=Nc2ccccn2)C(=O)N(C)C1=O. The summed E-state index contributed by atoms with van der Waals surface area (Å²) in [6.07, 6.45) is 2.77. The van der Waals surface area contributed by atoms with Gasteiger partial charge in [0.1, 0.15) is 0 Å². The number of hydrogen-bond acceptors (Lipinski definition) is 5. The molecule has 0 bridgehead atoms. The number of rotatable bonds is 2. The number of urea groups is 1. The van der Waals surface area contributed by atoms with Crippen LogP contribution in [0.3, 0.4) is 0 Å². The maximum atomic E-state index is 11.9. The van der Waals surface area contributed by atoms with Crippen molar-refractivity contribution < 1.29 is 14.4 Å². The van der Waals surface area contributed by atoms with Crippen molar-refractivity contribution in [2.45, 2.75) is 0 Å². The van der Waals surface area contributed by atoms with Crippen LogP contribution in [0.1, 0.15) is 0 Å². The van der Waals surface area contributed by atoms with Crippen LogP contribution in [0.4, 0.5) is 10.6 Å². The molecule has 0 saturated carbocycles. The minimum Gasteiger partial charge on any atom is -0.273 e. The van der Waals surface area contributed by atoms with Gasteiger partial charge in [0.2, 0.25) is 11.8 Å². The Labute approximate surface area is 109 Å². The van der Waals surface area contributed by atoms with Crippen LogP contribution < -0.4 is 0 Å². The smallest absolute Gasteiger partial charge is 0.273 e. The van der Waals surface area contributed by atoms with E-state index in [-0.39, 0.29) is 0 Å². The van der Waals surface area contributed by atoms with E-state index in [1.165, 1.54) is 20.3 Å². The maximum absolute atomic E-state index is 11.9. The van der Waals surface area contributed by atoms with Gasteiger partial charge in [-0.1, -0.05) is 6.07 Å². The molecule has 98 valence electrons. The summed E-state index contributed by atoms with van der Waals surface area (Å²) in [5, 5.41) is 0. The van der Waals surface area contributed by atoms with Crippen LogP contribution in [0, 0.1) is 5.92 Å². The highest BCUT2D eigenvalue weighted by Crippen LogP contribution is 2.15. The van der Waals surface area contributed by atoms with Crippen LogP contribution in [0.2, 0.25) is 0 Å². The molecule has 1 aliphatic heterocycles. The number of barbiturate groups is 1. The number of aromatic nitrogens is 1. The van der Waals surface area contributed by atoms with Gasteiger partial charge in [-0.2, -0.15) is 0 Å². The fourth-order valence-corrected chi connectivity index (χ4v) is 1.64. The molecule has 0 spiro atoms. The topological polar surface area (TPSA) is 82.9 Å². The number of amides is 4. The molecule has 0 N–H and O–H groups in total. The first kappa shape index (κ1) is 12.9. The van der Waals surface area contributed by atoms with Gasteiger partial charge in [0.25, 0.3) is 0 Å². The second-order valence-corrected chi connectivity index (χ2v) is 4.02. The first-order chi connectivity index (χ1) is 9.02. The highest BCUT2D eigenvalue weighted by molar-refractivity contribution is 6.23. The van der Waals surface area contributed by atoms with Crippen molar-refractivity contribution in [3.63, 3.8) is 0 Å². The summed E-state index contributed by atoms with van der Waals surface area (Å²) in [6.45, 7) is 0. The van der Waals surface area contributed by atoms with Crippen LogP contribution in [0.15, 0.2) is 29.4 Å². The molecular weight excluding hydrogens is 248 g/mol. The number of hydrogen-bond donors (Lipinski definition) is 0. The Kier molecular flexibility index (Phi) is 3.37. The summed E-state index contributed by atoms with van der Waals surface area (Å²) < 4.78 is 0. The third-order valence-electron chi connectivity index (χ3n) is 2.77. The Bertz CT molecular complexity index is 531. The Balaban J connectivity index is 2.24. The molecule has 4 amide bonds. The van der Waals surface area contributed by atoms with Crippen LogP contribution in [0.5, 0.6) is 0 Å². The van der Waals surface area contributed by atoms with Gasteiger partial charge in [-0.25, -0.2) is 14.8 Å². The maximum Gasteiger partial charge on any atom is 0.332 e. The van der Waals surface area contributed by atoms with Crippen molar-refractivity contribution in [3.05, 3.63) is 24.4 Å². The Morgan fingerprint density at radius 1 is 1.16 bits per heavy atom. The predicted molar refractivity (Wildman–Crippen MR) is 66.8 cm³/mol. The minimum absolute atomic E-state index is 0.394. The van der Waals surface area contributed by atoms with Gasteiger partial charge in [-0.3, -0.25) is 19.4 Å². The molecule has 2 heterocycles. The molecule has 0 unspecified atom stereocenters. The molecule has 19 heavy (non-hydrogen) atoms. The highest BCUT2D eigenvalue weighted by atomic mass is 16.2. The minimum atomic E-state index is -1.09. The van der Waals surface area contributed by atoms with E-state index < -0.39 is 23.8 Å². The zero-order valence-corrected chi connectivity index (χ0v) is 10.5. The van der Waals surface area contributed by atoms with Crippen molar-refractivity contribution >= 4 is 29.9 Å². The Hall–Kier alpha value is -2.57. The van der Waals surface area contributed by atoms with Crippen LogP contribution in [-0.2, 0) is 9.59 Å². The number of imide groups is 2. The number of pyridine rings is 1. The average molecular weight is 260 g/mol. The fourth-order valence-electron chi connectivity index (χ4n) is 1.64. The summed E-state index contributed by atoms with van der Waals surface area (Å²) >= 11 is 0. The predicted octanol–water partition coefficient (Wildman–Crippen LogP) is 0.450. The van der Waals surface area contributed by atoms with Crippen molar-refractivity contribution in [2.24, 2.45) is 10.9 Å². The summed E-state index contributed by atoms with van der Waals surface area (Å²) in [5.74, 6) is -1.87. The van der Waals surface area contributed by atoms with Gasteiger partial charge in [0.15, 0.2) is 11.7 Å². The second kappa shape index (κ2) is 4.97. The lowest BCUT2D eigenvalue weighted by atomic mass is 10.1. The fraction of sp³-hybridized carbons (Fsp3) is 0.250. The van der Waals surface area contributed by atoms with Gasteiger partial charge < -0.3 is 0 Å². The lowest BCUT2D eigenvalue weighted by Gasteiger charge is -2.31. The van der Waals surface area contributed by atoms with E-state index in [0.29, 0.717) is 5.82 Å². The van der Waals surface area contributed by atoms with E-state index in [1.807, 2.05) is 0 Å². The van der Waals surface area contributed by atoms with Crippen LogP contribution >= 0.6 is 0 Å². The molecule has 0 atom stereocenters. The molecule has 1 aromatic heterocycles. The summed E-state index contributed by atoms with van der Waals surface area (Å²) in [4.78, 5) is 45.0. The first-order valence-electron chi connectivity index (χ1n) is 5.56. The second-order valence-electron chi connectivity index (χ2n) is 4.02. The van der Waals surface area contributed by atoms with Crippen LogP contribution in [-0.4, -0.2) is 52.9 Å². The normalized spacial score (nSPS) is 17.7. The average Bonchev–Trinajstić information content (AvgIpc) is 2.44. The summed E-state index contributed by atoms with van der Waals surface area (Å²) in [5.41, 5.74) is 0. The van der Waals surface area contributed by atoms with E-state index in [1.54, 1.807) is 24.4 Å². The number of carbonyl (C=O) groups is 3. The number of aliphatic imine (C=N–C) groups is 1. The zero-order chi connectivity index (χ0) is 14.0. The van der Waals surface area contributed by atoms with Crippen LogP contribution in [0.25, 0.3) is 0 Å².